The molecule has 0 atom stereocenters. The standard InChI is InChI=1S/C30H30O3/c1-5-7-21-9-15-29(32)26(18-21)27-19-22(8-6-2)17-25(30(27)33)14-16-28(31)24-12-10-23(11-13-24)20(3)4/h5-6,9-20,32-33H,1-2,7-8H2,3-4H3. The molecule has 0 spiro atoms. The van der Waals surface area contributed by atoms with Crippen LogP contribution >= 0.6 is 0 Å². The zero-order valence-electron chi connectivity index (χ0n) is 19.2. The lowest BCUT2D eigenvalue weighted by molar-refractivity contribution is 0.104. The van der Waals surface area contributed by atoms with Crippen LogP contribution in [0.15, 0.2) is 86.0 Å². The summed E-state index contributed by atoms with van der Waals surface area (Å²) >= 11 is 0. The van der Waals surface area contributed by atoms with Gasteiger partial charge in [-0.3, -0.25) is 4.79 Å². The van der Waals surface area contributed by atoms with E-state index in [1.807, 2.05) is 48.5 Å². The second-order valence-corrected chi connectivity index (χ2v) is 8.39. The maximum absolute atomic E-state index is 12.7. The van der Waals surface area contributed by atoms with Gasteiger partial charge in [0.15, 0.2) is 5.78 Å². The molecule has 3 heteroatoms. The van der Waals surface area contributed by atoms with E-state index in [4.69, 9.17) is 0 Å². The molecule has 0 aromatic heterocycles. The Morgan fingerprint density at radius 2 is 1.52 bits per heavy atom. The summed E-state index contributed by atoms with van der Waals surface area (Å²) in [5.41, 5.74) is 5.20. The summed E-state index contributed by atoms with van der Waals surface area (Å²) in [4.78, 5) is 12.7. The van der Waals surface area contributed by atoms with Crippen molar-refractivity contribution in [1.29, 1.82) is 0 Å². The normalized spacial score (nSPS) is 11.1. The number of allylic oxidation sites excluding steroid dienone is 3. The van der Waals surface area contributed by atoms with Crippen LogP contribution in [0, 0.1) is 0 Å². The van der Waals surface area contributed by atoms with Gasteiger partial charge in [-0.2, -0.15) is 0 Å². The first-order valence-electron chi connectivity index (χ1n) is 11.1. The topological polar surface area (TPSA) is 57.5 Å². The molecule has 168 valence electrons. The van der Waals surface area contributed by atoms with Crippen molar-refractivity contribution in [3.8, 4) is 22.6 Å². The first-order chi connectivity index (χ1) is 15.8. The van der Waals surface area contributed by atoms with Crippen molar-refractivity contribution in [2.75, 3.05) is 0 Å². The number of phenols is 2. The molecule has 3 nitrogen and oxygen atoms in total. The minimum atomic E-state index is -0.142. The van der Waals surface area contributed by atoms with Gasteiger partial charge in [0.1, 0.15) is 11.5 Å². The molecule has 3 aromatic carbocycles. The van der Waals surface area contributed by atoms with Gasteiger partial charge in [-0.25, -0.2) is 0 Å². The molecule has 0 radical (unpaired) electrons. The molecule has 2 N–H and O–H groups in total. The zero-order valence-corrected chi connectivity index (χ0v) is 19.2. The fourth-order valence-electron chi connectivity index (χ4n) is 3.72. The van der Waals surface area contributed by atoms with Crippen molar-refractivity contribution < 1.29 is 15.0 Å². The van der Waals surface area contributed by atoms with Crippen LogP contribution in [0.5, 0.6) is 11.5 Å². The zero-order chi connectivity index (χ0) is 24.0. The highest BCUT2D eigenvalue weighted by Crippen LogP contribution is 2.39. The Kier molecular flexibility index (Phi) is 7.68. The summed E-state index contributed by atoms with van der Waals surface area (Å²) in [5, 5.41) is 21.5. The van der Waals surface area contributed by atoms with Gasteiger partial charge >= 0.3 is 0 Å². The molecule has 0 saturated carbocycles. The van der Waals surface area contributed by atoms with Gasteiger partial charge in [0.25, 0.3) is 0 Å². The van der Waals surface area contributed by atoms with Crippen LogP contribution in [0.4, 0.5) is 0 Å². The third-order valence-corrected chi connectivity index (χ3v) is 5.59. The molecule has 0 bridgehead atoms. The predicted molar refractivity (Wildman–Crippen MR) is 137 cm³/mol. The number of aromatic hydroxyl groups is 2. The highest BCUT2D eigenvalue weighted by Gasteiger charge is 2.15. The van der Waals surface area contributed by atoms with Gasteiger partial charge in [0.2, 0.25) is 0 Å². The lowest BCUT2D eigenvalue weighted by Gasteiger charge is -2.13. The fourth-order valence-corrected chi connectivity index (χ4v) is 3.72. The van der Waals surface area contributed by atoms with Crippen molar-refractivity contribution in [1.82, 2.24) is 0 Å². The van der Waals surface area contributed by atoms with Gasteiger partial charge in [-0.1, -0.05) is 56.3 Å². The van der Waals surface area contributed by atoms with Crippen molar-refractivity contribution in [2.24, 2.45) is 0 Å². The molecule has 0 aliphatic heterocycles. The number of carbonyl (C=O) groups excluding carboxylic acids is 1. The van der Waals surface area contributed by atoms with Crippen molar-refractivity contribution in [3.05, 3.63) is 114 Å². The minimum absolute atomic E-state index is 0.00747. The molecule has 0 aliphatic carbocycles. The number of hydrogen-bond acceptors (Lipinski definition) is 3. The molecule has 3 rings (SSSR count). The molecule has 3 aromatic rings. The van der Waals surface area contributed by atoms with Gasteiger partial charge in [0, 0.05) is 22.3 Å². The van der Waals surface area contributed by atoms with Crippen LogP contribution in [-0.2, 0) is 12.8 Å². The Hall–Kier alpha value is -3.85. The van der Waals surface area contributed by atoms with E-state index >= 15 is 0 Å². The summed E-state index contributed by atoms with van der Waals surface area (Å²) in [6.45, 7) is 11.8. The molecule has 0 unspecified atom stereocenters. The van der Waals surface area contributed by atoms with E-state index in [1.54, 1.807) is 24.3 Å². The van der Waals surface area contributed by atoms with Gasteiger partial charge < -0.3 is 10.2 Å². The first kappa shape index (κ1) is 23.8. The second-order valence-electron chi connectivity index (χ2n) is 8.39. The molecule has 33 heavy (non-hydrogen) atoms. The number of rotatable bonds is 9. The third-order valence-electron chi connectivity index (χ3n) is 5.59. The summed E-state index contributed by atoms with van der Waals surface area (Å²) in [5.74, 6) is 0.337. The summed E-state index contributed by atoms with van der Waals surface area (Å²) in [6.07, 6.45) is 7.89. The molecule has 0 amide bonds. The van der Waals surface area contributed by atoms with Crippen LogP contribution < -0.4 is 0 Å². The maximum atomic E-state index is 12.7. The molecule has 0 aliphatic rings. The van der Waals surface area contributed by atoms with Crippen LogP contribution in [0.3, 0.4) is 0 Å². The number of ketones is 1. The smallest absolute Gasteiger partial charge is 0.185 e. The Balaban J connectivity index is 2.01. The molecular weight excluding hydrogens is 408 g/mol. The highest BCUT2D eigenvalue weighted by atomic mass is 16.3. The Morgan fingerprint density at radius 3 is 2.15 bits per heavy atom. The summed E-state index contributed by atoms with van der Waals surface area (Å²) in [7, 11) is 0. The van der Waals surface area contributed by atoms with Gasteiger partial charge in [-0.15, -0.1) is 13.2 Å². The fraction of sp³-hybridized carbons (Fsp3) is 0.167. The Morgan fingerprint density at radius 1 is 0.879 bits per heavy atom. The lowest BCUT2D eigenvalue weighted by atomic mass is 9.94. The van der Waals surface area contributed by atoms with Crippen LogP contribution in [0.2, 0.25) is 0 Å². The number of phenolic OH excluding ortho intramolecular Hbond substituents is 2. The minimum Gasteiger partial charge on any atom is -0.507 e. The number of benzene rings is 3. The van der Waals surface area contributed by atoms with E-state index in [1.165, 1.54) is 11.6 Å². The quantitative estimate of drug-likeness (QED) is 0.210. The Bertz CT molecular complexity index is 1200. The number of hydrogen-bond donors (Lipinski definition) is 2. The average Bonchev–Trinajstić information content (AvgIpc) is 2.80. The van der Waals surface area contributed by atoms with E-state index in [0.29, 0.717) is 41.0 Å². The monoisotopic (exact) mass is 438 g/mol. The maximum Gasteiger partial charge on any atom is 0.185 e. The van der Waals surface area contributed by atoms with Gasteiger partial charge in [0.05, 0.1) is 0 Å². The Labute approximate surface area is 196 Å². The lowest BCUT2D eigenvalue weighted by Crippen LogP contribution is -1.96. The number of carbonyl (C=O) groups is 1. The van der Waals surface area contributed by atoms with Crippen LogP contribution in [0.1, 0.15) is 52.4 Å². The predicted octanol–water partition coefficient (Wildman–Crippen LogP) is 7.24. The van der Waals surface area contributed by atoms with Crippen molar-refractivity contribution >= 4 is 11.9 Å². The highest BCUT2D eigenvalue weighted by molar-refractivity contribution is 6.07. The van der Waals surface area contributed by atoms with Gasteiger partial charge in [-0.05, 0) is 71.9 Å². The SMILES string of the molecule is C=CCc1ccc(O)c(-c2cc(CC=C)cc(C=CC(=O)c3ccc(C(C)C)cc3)c2O)c1. The molecule has 0 heterocycles. The second kappa shape index (κ2) is 10.6. The van der Waals surface area contributed by atoms with E-state index in [9.17, 15) is 15.0 Å². The first-order valence-corrected chi connectivity index (χ1v) is 11.1. The van der Waals surface area contributed by atoms with Crippen molar-refractivity contribution in [2.45, 2.75) is 32.6 Å². The van der Waals surface area contributed by atoms with Crippen LogP contribution in [-0.4, -0.2) is 16.0 Å². The van der Waals surface area contributed by atoms with E-state index in [2.05, 4.69) is 27.0 Å². The molecular formula is C30H30O3. The molecule has 0 saturated heterocycles. The van der Waals surface area contributed by atoms with E-state index in [0.717, 1.165) is 11.1 Å². The van der Waals surface area contributed by atoms with Crippen LogP contribution in [0.25, 0.3) is 17.2 Å². The third kappa shape index (κ3) is 5.69. The largest absolute Gasteiger partial charge is 0.507 e. The average molecular weight is 439 g/mol. The summed E-state index contributed by atoms with van der Waals surface area (Å²) < 4.78 is 0. The van der Waals surface area contributed by atoms with E-state index in [-0.39, 0.29) is 17.3 Å². The molecule has 0 fully saturated rings. The van der Waals surface area contributed by atoms with E-state index < -0.39 is 0 Å². The summed E-state index contributed by atoms with van der Waals surface area (Å²) in [6, 6.07) is 16.5. The van der Waals surface area contributed by atoms with Crippen molar-refractivity contribution in [3.63, 3.8) is 0 Å².